The second-order valence-corrected chi connectivity index (χ2v) is 4.84. The molecule has 0 aromatic heterocycles. The first-order valence-corrected chi connectivity index (χ1v) is 6.93. The van der Waals surface area contributed by atoms with Crippen LogP contribution in [0.2, 0.25) is 5.02 Å². The second-order valence-electron chi connectivity index (χ2n) is 4.43. The smallest absolute Gasteiger partial charge is 0.141 e. The lowest BCUT2D eigenvalue weighted by atomic mass is 10.2. The third-order valence-corrected chi connectivity index (χ3v) is 3.17. The van der Waals surface area contributed by atoms with Gasteiger partial charge < -0.3 is 10.1 Å². The van der Waals surface area contributed by atoms with Crippen LogP contribution in [0.3, 0.4) is 0 Å². The first kappa shape index (κ1) is 14.8. The Hall–Kier alpha value is -1.58. The van der Waals surface area contributed by atoms with Crippen molar-refractivity contribution >= 4 is 11.6 Å². The summed E-state index contributed by atoms with van der Waals surface area (Å²) in [6, 6.07) is 12.7. The Morgan fingerprint density at radius 3 is 2.35 bits per heavy atom. The number of ether oxygens (including phenoxy) is 1. The molecule has 2 aromatic carbocycles. The highest BCUT2D eigenvalue weighted by molar-refractivity contribution is 6.30. The van der Waals surface area contributed by atoms with Crippen molar-refractivity contribution in [1.29, 1.82) is 0 Å². The van der Waals surface area contributed by atoms with Crippen molar-refractivity contribution < 1.29 is 9.13 Å². The zero-order valence-corrected chi connectivity index (χ0v) is 12.1. The van der Waals surface area contributed by atoms with E-state index in [1.54, 1.807) is 12.1 Å². The molecule has 0 saturated heterocycles. The number of rotatable bonds is 6. The topological polar surface area (TPSA) is 21.3 Å². The maximum absolute atomic E-state index is 13.0. The van der Waals surface area contributed by atoms with Crippen LogP contribution in [-0.2, 0) is 13.1 Å². The molecule has 0 aliphatic carbocycles. The standard InChI is InChI=1S/C16H17ClFNO/c1-2-20-14-6-3-12(4-7-14)10-19-11-13-5-8-16(18)15(17)9-13/h3-9,19H,2,10-11H2,1H3. The highest BCUT2D eigenvalue weighted by Crippen LogP contribution is 2.16. The first-order chi connectivity index (χ1) is 9.69. The summed E-state index contributed by atoms with van der Waals surface area (Å²) >= 11 is 5.74. The lowest BCUT2D eigenvalue weighted by molar-refractivity contribution is 0.340. The van der Waals surface area contributed by atoms with Crippen molar-refractivity contribution in [3.8, 4) is 5.75 Å². The zero-order valence-electron chi connectivity index (χ0n) is 11.3. The Morgan fingerprint density at radius 2 is 1.70 bits per heavy atom. The molecule has 20 heavy (non-hydrogen) atoms. The highest BCUT2D eigenvalue weighted by Gasteiger charge is 2.01. The molecule has 0 spiro atoms. The molecule has 0 aliphatic rings. The minimum atomic E-state index is -0.387. The van der Waals surface area contributed by atoms with Crippen LogP contribution in [0.25, 0.3) is 0 Å². The van der Waals surface area contributed by atoms with Crippen molar-refractivity contribution in [1.82, 2.24) is 5.32 Å². The molecule has 106 valence electrons. The summed E-state index contributed by atoms with van der Waals surface area (Å²) in [5.41, 5.74) is 2.13. The van der Waals surface area contributed by atoms with Crippen LogP contribution in [0, 0.1) is 5.82 Å². The van der Waals surface area contributed by atoms with E-state index in [2.05, 4.69) is 5.32 Å². The monoisotopic (exact) mass is 293 g/mol. The maximum atomic E-state index is 13.0. The average Bonchev–Trinajstić information content (AvgIpc) is 2.45. The van der Waals surface area contributed by atoms with Gasteiger partial charge in [-0.05, 0) is 42.3 Å². The van der Waals surface area contributed by atoms with Gasteiger partial charge in [0.1, 0.15) is 11.6 Å². The number of halogens is 2. The van der Waals surface area contributed by atoms with Gasteiger partial charge >= 0.3 is 0 Å². The zero-order chi connectivity index (χ0) is 14.4. The van der Waals surface area contributed by atoms with E-state index in [1.165, 1.54) is 11.6 Å². The van der Waals surface area contributed by atoms with Crippen LogP contribution in [0.4, 0.5) is 4.39 Å². The molecule has 0 fully saturated rings. The van der Waals surface area contributed by atoms with Crippen LogP contribution in [-0.4, -0.2) is 6.61 Å². The van der Waals surface area contributed by atoms with Gasteiger partial charge in [0.25, 0.3) is 0 Å². The van der Waals surface area contributed by atoms with Gasteiger partial charge in [0, 0.05) is 13.1 Å². The van der Waals surface area contributed by atoms with Gasteiger partial charge in [0.2, 0.25) is 0 Å². The van der Waals surface area contributed by atoms with Gasteiger partial charge in [-0.1, -0.05) is 29.8 Å². The molecule has 2 aromatic rings. The van der Waals surface area contributed by atoms with Crippen LogP contribution < -0.4 is 10.1 Å². The summed E-state index contributed by atoms with van der Waals surface area (Å²) in [5, 5.41) is 3.45. The molecule has 0 aliphatic heterocycles. The number of nitrogens with one attached hydrogen (secondary N) is 1. The Labute approximate surface area is 123 Å². The first-order valence-electron chi connectivity index (χ1n) is 6.55. The number of benzene rings is 2. The molecule has 0 unspecified atom stereocenters. The summed E-state index contributed by atoms with van der Waals surface area (Å²) < 4.78 is 18.4. The minimum absolute atomic E-state index is 0.158. The van der Waals surface area contributed by atoms with E-state index in [0.717, 1.165) is 17.9 Å². The molecule has 0 bridgehead atoms. The van der Waals surface area contributed by atoms with Gasteiger partial charge in [0.05, 0.1) is 11.6 Å². The van der Waals surface area contributed by atoms with Gasteiger partial charge in [-0.2, -0.15) is 0 Å². The highest BCUT2D eigenvalue weighted by atomic mass is 35.5. The fourth-order valence-corrected chi connectivity index (χ4v) is 2.07. The third kappa shape index (κ3) is 4.22. The Bertz CT molecular complexity index is 557. The summed E-state index contributed by atoms with van der Waals surface area (Å²) in [6.07, 6.45) is 0. The van der Waals surface area contributed by atoms with E-state index >= 15 is 0 Å². The molecule has 0 amide bonds. The predicted octanol–water partition coefficient (Wildman–Crippen LogP) is 4.17. The predicted molar refractivity (Wildman–Crippen MR) is 79.6 cm³/mol. The summed E-state index contributed by atoms with van der Waals surface area (Å²) in [4.78, 5) is 0. The maximum Gasteiger partial charge on any atom is 0.141 e. The van der Waals surface area contributed by atoms with E-state index in [9.17, 15) is 4.39 Å². The molecule has 0 radical (unpaired) electrons. The fraction of sp³-hybridized carbons (Fsp3) is 0.250. The molecular weight excluding hydrogens is 277 g/mol. The minimum Gasteiger partial charge on any atom is -0.494 e. The quantitative estimate of drug-likeness (QED) is 0.863. The Balaban J connectivity index is 1.84. The summed E-state index contributed by atoms with van der Waals surface area (Å²) in [5.74, 6) is 0.489. The molecular formula is C16H17ClFNO. The largest absolute Gasteiger partial charge is 0.494 e. The van der Waals surface area contributed by atoms with E-state index in [1.807, 2.05) is 31.2 Å². The van der Waals surface area contributed by atoms with Gasteiger partial charge in [-0.15, -0.1) is 0 Å². The van der Waals surface area contributed by atoms with Crippen LogP contribution in [0.1, 0.15) is 18.1 Å². The van der Waals surface area contributed by atoms with Gasteiger partial charge in [0.15, 0.2) is 0 Å². The van der Waals surface area contributed by atoms with Crippen molar-refractivity contribution in [2.45, 2.75) is 20.0 Å². The van der Waals surface area contributed by atoms with Crippen molar-refractivity contribution in [3.05, 3.63) is 64.4 Å². The van der Waals surface area contributed by atoms with Crippen molar-refractivity contribution in [2.75, 3.05) is 6.61 Å². The lowest BCUT2D eigenvalue weighted by Crippen LogP contribution is -2.12. The van der Waals surface area contributed by atoms with Gasteiger partial charge in [-0.3, -0.25) is 0 Å². The summed E-state index contributed by atoms with van der Waals surface area (Å²) in [6.45, 7) is 4.01. The number of hydrogen-bond donors (Lipinski definition) is 1. The Morgan fingerprint density at radius 1 is 1.05 bits per heavy atom. The summed E-state index contributed by atoms with van der Waals surface area (Å²) in [7, 11) is 0. The van der Waals surface area contributed by atoms with Crippen LogP contribution >= 0.6 is 11.6 Å². The normalized spacial score (nSPS) is 10.6. The number of hydrogen-bond acceptors (Lipinski definition) is 2. The molecule has 1 N–H and O–H groups in total. The van der Waals surface area contributed by atoms with Crippen LogP contribution in [0.5, 0.6) is 5.75 Å². The van der Waals surface area contributed by atoms with Crippen LogP contribution in [0.15, 0.2) is 42.5 Å². The van der Waals surface area contributed by atoms with Crippen molar-refractivity contribution in [3.63, 3.8) is 0 Å². The van der Waals surface area contributed by atoms with E-state index in [0.29, 0.717) is 13.2 Å². The molecule has 0 saturated carbocycles. The molecule has 2 nitrogen and oxygen atoms in total. The SMILES string of the molecule is CCOc1ccc(CNCc2ccc(F)c(Cl)c2)cc1. The van der Waals surface area contributed by atoms with E-state index in [4.69, 9.17) is 16.3 Å². The molecule has 0 heterocycles. The fourth-order valence-electron chi connectivity index (χ4n) is 1.87. The molecule has 4 heteroatoms. The second kappa shape index (κ2) is 7.27. The average molecular weight is 294 g/mol. The molecule has 2 rings (SSSR count). The van der Waals surface area contributed by atoms with Gasteiger partial charge in [-0.25, -0.2) is 4.39 Å². The van der Waals surface area contributed by atoms with Crippen molar-refractivity contribution in [2.24, 2.45) is 0 Å². The lowest BCUT2D eigenvalue weighted by Gasteiger charge is -2.07. The third-order valence-electron chi connectivity index (χ3n) is 2.88. The molecule has 0 atom stereocenters. The van der Waals surface area contributed by atoms with E-state index < -0.39 is 0 Å². The Kier molecular flexibility index (Phi) is 5.39. The van der Waals surface area contributed by atoms with E-state index in [-0.39, 0.29) is 10.8 Å².